The maximum absolute atomic E-state index is 13.0. The van der Waals surface area contributed by atoms with Gasteiger partial charge in [0.25, 0.3) is 0 Å². The van der Waals surface area contributed by atoms with Crippen molar-refractivity contribution in [1.82, 2.24) is 0 Å². The Bertz CT molecular complexity index is 650. The molecule has 0 spiro atoms. The minimum atomic E-state index is -1.07. The molecule has 1 saturated heterocycles. The Labute approximate surface area is 149 Å². The Morgan fingerprint density at radius 2 is 1.88 bits per heavy atom. The fourth-order valence-electron chi connectivity index (χ4n) is 3.46. The Balaban J connectivity index is 2.42. The molecule has 0 N–H and O–H groups in total. The van der Waals surface area contributed by atoms with E-state index in [1.807, 2.05) is 6.92 Å². The lowest BCUT2D eigenvalue weighted by molar-refractivity contribution is -0.156. The maximum atomic E-state index is 13.0. The third kappa shape index (κ3) is 3.38. The molecule has 0 aromatic heterocycles. The lowest BCUT2D eigenvalue weighted by Crippen LogP contribution is -2.42. The summed E-state index contributed by atoms with van der Waals surface area (Å²) in [4.78, 5) is 37.3. The highest BCUT2D eigenvalue weighted by Gasteiger charge is 2.57. The lowest BCUT2D eigenvalue weighted by Gasteiger charge is -2.32. The summed E-state index contributed by atoms with van der Waals surface area (Å²) in [5, 5.41) is 0. The van der Waals surface area contributed by atoms with Gasteiger partial charge in [-0.1, -0.05) is 35.0 Å². The van der Waals surface area contributed by atoms with Gasteiger partial charge >= 0.3 is 11.9 Å². The van der Waals surface area contributed by atoms with Crippen LogP contribution in [-0.4, -0.2) is 30.4 Å². The van der Waals surface area contributed by atoms with Crippen LogP contribution in [0.2, 0.25) is 0 Å². The van der Waals surface area contributed by atoms with Crippen LogP contribution in [0.4, 0.5) is 0 Å². The van der Waals surface area contributed by atoms with Crippen LogP contribution in [0.1, 0.15) is 37.6 Å². The van der Waals surface area contributed by atoms with Gasteiger partial charge in [0.15, 0.2) is 11.7 Å². The average Bonchev–Trinajstić information content (AvgIpc) is 2.77. The van der Waals surface area contributed by atoms with Gasteiger partial charge in [-0.3, -0.25) is 14.4 Å². The van der Waals surface area contributed by atoms with Crippen molar-refractivity contribution < 1.29 is 23.9 Å². The van der Waals surface area contributed by atoms with Crippen molar-refractivity contribution in [2.75, 3.05) is 7.11 Å². The van der Waals surface area contributed by atoms with Crippen LogP contribution in [-0.2, 0) is 19.1 Å². The molecule has 1 aliphatic rings. The minimum absolute atomic E-state index is 0.102. The van der Waals surface area contributed by atoms with Gasteiger partial charge in [0.1, 0.15) is 5.60 Å². The molecule has 6 heteroatoms. The molecule has 3 atom stereocenters. The molecular formula is C18H21BrO5. The standard InChI is InChI=1S/C18H21BrO5/c1-5-12(15(20)10-6-8-11(19)9-7-10)14-13(16(21)23-4)17(22)24-18(14,2)3/h6-9,12-14H,5H2,1-4H3/t12-,13-,14+/m1/s1. The fraction of sp³-hybridized carbons (Fsp3) is 0.500. The van der Waals surface area contributed by atoms with E-state index in [2.05, 4.69) is 15.9 Å². The van der Waals surface area contributed by atoms with Crippen molar-refractivity contribution in [3.05, 3.63) is 34.3 Å². The topological polar surface area (TPSA) is 69.7 Å². The average molecular weight is 397 g/mol. The third-order valence-corrected chi connectivity index (χ3v) is 5.10. The van der Waals surface area contributed by atoms with Crippen LogP contribution in [0.5, 0.6) is 0 Å². The SMILES string of the molecule is CC[C@@H](C(=O)c1ccc(Br)cc1)[C@H]1[C@H](C(=O)OC)C(=O)OC1(C)C. The molecule has 1 fully saturated rings. The minimum Gasteiger partial charge on any atom is -0.468 e. The molecule has 1 aromatic rings. The molecule has 130 valence electrons. The number of halogens is 1. The second-order valence-corrected chi connectivity index (χ2v) is 7.35. The molecule has 0 aliphatic carbocycles. The van der Waals surface area contributed by atoms with Gasteiger partial charge in [0.2, 0.25) is 0 Å². The Morgan fingerprint density at radius 1 is 1.29 bits per heavy atom. The summed E-state index contributed by atoms with van der Waals surface area (Å²) < 4.78 is 11.0. The zero-order valence-corrected chi connectivity index (χ0v) is 15.8. The summed E-state index contributed by atoms with van der Waals surface area (Å²) in [5.41, 5.74) is -0.370. The highest BCUT2D eigenvalue weighted by atomic mass is 79.9. The number of ketones is 1. The zero-order valence-electron chi connectivity index (χ0n) is 14.2. The predicted molar refractivity (Wildman–Crippen MR) is 91.4 cm³/mol. The first-order chi connectivity index (χ1) is 11.2. The van der Waals surface area contributed by atoms with Gasteiger partial charge in [-0.25, -0.2) is 0 Å². The van der Waals surface area contributed by atoms with E-state index in [0.717, 1.165) is 4.47 Å². The molecule has 0 radical (unpaired) electrons. The zero-order chi connectivity index (χ0) is 18.1. The van der Waals surface area contributed by atoms with Crippen molar-refractivity contribution in [2.45, 2.75) is 32.8 Å². The molecule has 24 heavy (non-hydrogen) atoms. The summed E-state index contributed by atoms with van der Waals surface area (Å²) in [6.07, 6.45) is 0.493. The number of carbonyl (C=O) groups excluding carboxylic acids is 3. The number of cyclic esters (lactones) is 1. The molecule has 0 amide bonds. The first-order valence-electron chi connectivity index (χ1n) is 7.83. The molecule has 5 nitrogen and oxygen atoms in total. The van der Waals surface area contributed by atoms with E-state index in [0.29, 0.717) is 12.0 Å². The molecule has 1 aromatic carbocycles. The van der Waals surface area contributed by atoms with Crippen LogP contribution in [0.25, 0.3) is 0 Å². The number of carbonyl (C=O) groups is 3. The Kier molecular flexibility index (Phi) is 5.48. The number of ether oxygens (including phenoxy) is 2. The summed E-state index contributed by atoms with van der Waals surface area (Å²) in [5.74, 6) is -3.54. The molecule has 2 rings (SSSR count). The first-order valence-corrected chi connectivity index (χ1v) is 8.62. The number of methoxy groups -OCH3 is 1. The predicted octanol–water partition coefficient (Wildman–Crippen LogP) is 3.40. The Hall–Kier alpha value is -1.69. The van der Waals surface area contributed by atoms with Gasteiger partial charge in [-0.2, -0.15) is 0 Å². The summed E-state index contributed by atoms with van der Waals surface area (Å²) in [6, 6.07) is 7.04. The van der Waals surface area contributed by atoms with E-state index in [-0.39, 0.29) is 5.78 Å². The van der Waals surface area contributed by atoms with Crippen LogP contribution in [0.15, 0.2) is 28.7 Å². The number of benzene rings is 1. The van der Waals surface area contributed by atoms with Crippen molar-refractivity contribution >= 4 is 33.7 Å². The monoisotopic (exact) mass is 396 g/mol. The largest absolute Gasteiger partial charge is 0.468 e. The van der Waals surface area contributed by atoms with Crippen LogP contribution < -0.4 is 0 Å². The number of hydrogen-bond acceptors (Lipinski definition) is 5. The van der Waals surface area contributed by atoms with E-state index in [9.17, 15) is 14.4 Å². The van der Waals surface area contributed by atoms with Crippen molar-refractivity contribution in [2.24, 2.45) is 17.8 Å². The summed E-state index contributed by atoms with van der Waals surface area (Å²) in [7, 11) is 1.23. The summed E-state index contributed by atoms with van der Waals surface area (Å²) >= 11 is 3.34. The molecule has 1 heterocycles. The normalized spacial score (nSPS) is 23.5. The number of esters is 2. The molecule has 0 saturated carbocycles. The summed E-state index contributed by atoms with van der Waals surface area (Å²) in [6.45, 7) is 5.33. The second kappa shape index (κ2) is 7.05. The van der Waals surface area contributed by atoms with E-state index >= 15 is 0 Å². The van der Waals surface area contributed by atoms with Crippen molar-refractivity contribution in [1.29, 1.82) is 0 Å². The smallest absolute Gasteiger partial charge is 0.321 e. The van der Waals surface area contributed by atoms with Gasteiger partial charge in [0.05, 0.1) is 7.11 Å². The molecule has 0 bridgehead atoms. The van der Waals surface area contributed by atoms with Gasteiger partial charge < -0.3 is 9.47 Å². The highest BCUT2D eigenvalue weighted by Crippen LogP contribution is 2.44. The van der Waals surface area contributed by atoms with E-state index in [1.54, 1.807) is 38.1 Å². The van der Waals surface area contributed by atoms with Gasteiger partial charge in [-0.05, 0) is 32.4 Å². The van der Waals surface area contributed by atoms with Crippen LogP contribution >= 0.6 is 15.9 Å². The van der Waals surface area contributed by atoms with Gasteiger partial charge in [0, 0.05) is 21.9 Å². The molecule has 1 aliphatic heterocycles. The second-order valence-electron chi connectivity index (χ2n) is 6.44. The van der Waals surface area contributed by atoms with Crippen LogP contribution in [0.3, 0.4) is 0 Å². The van der Waals surface area contributed by atoms with E-state index in [1.165, 1.54) is 7.11 Å². The number of Topliss-reactive ketones (excluding diaryl/α,β-unsaturated/α-hetero) is 1. The maximum Gasteiger partial charge on any atom is 0.321 e. The fourth-order valence-corrected chi connectivity index (χ4v) is 3.72. The van der Waals surface area contributed by atoms with Gasteiger partial charge in [-0.15, -0.1) is 0 Å². The number of rotatable bonds is 5. The van der Waals surface area contributed by atoms with E-state index < -0.39 is 35.3 Å². The molecular weight excluding hydrogens is 376 g/mol. The van der Waals surface area contributed by atoms with E-state index in [4.69, 9.17) is 9.47 Å². The van der Waals surface area contributed by atoms with Crippen LogP contribution in [0, 0.1) is 17.8 Å². The highest BCUT2D eigenvalue weighted by molar-refractivity contribution is 9.10. The van der Waals surface area contributed by atoms with Crippen molar-refractivity contribution in [3.8, 4) is 0 Å². The third-order valence-electron chi connectivity index (χ3n) is 4.57. The Morgan fingerprint density at radius 3 is 2.38 bits per heavy atom. The van der Waals surface area contributed by atoms with Crippen molar-refractivity contribution in [3.63, 3.8) is 0 Å². The quantitative estimate of drug-likeness (QED) is 0.433. The lowest BCUT2D eigenvalue weighted by atomic mass is 9.70. The first kappa shape index (κ1) is 18.6. The number of hydrogen-bond donors (Lipinski definition) is 0. The molecule has 0 unspecified atom stereocenters.